The van der Waals surface area contributed by atoms with E-state index in [9.17, 15) is 8.42 Å². The molecule has 2 N–H and O–H groups in total. The fourth-order valence-electron chi connectivity index (χ4n) is 1.32. The highest BCUT2D eigenvalue weighted by atomic mass is 32.3. The molecule has 16 heavy (non-hydrogen) atoms. The number of hydrogen-bond acceptors (Lipinski definition) is 5. The Bertz CT molecular complexity index is 368. The minimum absolute atomic E-state index is 0.151. The Morgan fingerprint density at radius 2 is 1.75 bits per heavy atom. The number of rotatable bonds is 4. The van der Waals surface area contributed by atoms with Gasteiger partial charge in [-0.05, 0) is 18.8 Å². The van der Waals surface area contributed by atoms with Gasteiger partial charge in [0, 0.05) is 0 Å². The van der Waals surface area contributed by atoms with Crippen molar-refractivity contribution in [3.63, 3.8) is 0 Å². The van der Waals surface area contributed by atoms with Crippen molar-refractivity contribution in [2.75, 3.05) is 0 Å². The Morgan fingerprint density at radius 1 is 1.31 bits per heavy atom. The average Bonchev–Trinajstić information content (AvgIpc) is 2.00. The number of oxime groups is 1. The molecule has 6 nitrogen and oxygen atoms in total. The summed E-state index contributed by atoms with van der Waals surface area (Å²) in [6, 6.07) is 0. The lowest BCUT2D eigenvalue weighted by molar-refractivity contribution is 0.0374. The van der Waals surface area contributed by atoms with Crippen molar-refractivity contribution in [3.05, 3.63) is 0 Å². The van der Waals surface area contributed by atoms with Crippen molar-refractivity contribution in [1.82, 2.24) is 0 Å². The minimum atomic E-state index is -4.62. The van der Waals surface area contributed by atoms with Crippen LogP contribution in [-0.2, 0) is 14.6 Å². The first-order valence-electron chi connectivity index (χ1n) is 4.87. The van der Waals surface area contributed by atoms with Gasteiger partial charge in [-0.1, -0.05) is 32.9 Å². The maximum Gasteiger partial charge on any atom is 0.398 e. The van der Waals surface area contributed by atoms with Gasteiger partial charge >= 0.3 is 10.4 Å². The lowest BCUT2D eigenvalue weighted by atomic mass is 9.74. The summed E-state index contributed by atoms with van der Waals surface area (Å²) in [4.78, 5) is 0. The van der Waals surface area contributed by atoms with Gasteiger partial charge in [-0.15, -0.1) is 0 Å². The Kier molecular flexibility index (Phi) is 4.49. The molecular weight excluding hydrogens is 234 g/mol. The second-order valence-corrected chi connectivity index (χ2v) is 5.72. The third-order valence-electron chi connectivity index (χ3n) is 2.71. The van der Waals surface area contributed by atoms with Crippen molar-refractivity contribution in [2.24, 2.45) is 10.6 Å². The maximum absolute atomic E-state index is 10.8. The van der Waals surface area contributed by atoms with E-state index in [0.717, 1.165) is 0 Å². The van der Waals surface area contributed by atoms with Crippen LogP contribution >= 0.6 is 0 Å². The molecule has 0 radical (unpaired) electrons. The van der Waals surface area contributed by atoms with Crippen molar-refractivity contribution >= 4 is 16.1 Å². The third kappa shape index (κ3) is 3.43. The average molecular weight is 253 g/mol. The molecular formula is C9H19NO5S. The predicted molar refractivity (Wildman–Crippen MR) is 60.0 cm³/mol. The summed E-state index contributed by atoms with van der Waals surface area (Å²) in [7, 11) is -4.62. The molecule has 96 valence electrons. The molecule has 0 aliphatic rings. The second kappa shape index (κ2) is 4.68. The van der Waals surface area contributed by atoms with Crippen LogP contribution in [0.15, 0.2) is 5.16 Å². The molecule has 0 saturated heterocycles. The summed E-state index contributed by atoms with van der Waals surface area (Å²) in [5, 5.41) is 11.9. The van der Waals surface area contributed by atoms with Crippen LogP contribution in [-0.4, -0.2) is 29.5 Å². The third-order valence-corrected chi connectivity index (χ3v) is 3.25. The zero-order valence-corrected chi connectivity index (χ0v) is 11.0. The molecule has 0 aromatic carbocycles. The lowest BCUT2D eigenvalue weighted by Crippen LogP contribution is -2.50. The first-order chi connectivity index (χ1) is 6.98. The van der Waals surface area contributed by atoms with Crippen LogP contribution in [0, 0.1) is 5.41 Å². The predicted octanol–water partition coefficient (Wildman–Crippen LogP) is 1.85. The second-order valence-electron chi connectivity index (χ2n) is 4.69. The molecule has 0 aliphatic heterocycles. The summed E-state index contributed by atoms with van der Waals surface area (Å²) < 4.78 is 35.1. The topological polar surface area (TPSA) is 96.2 Å². The standard InChI is InChI=1S/C9H19NO5S/c1-6-7(10-11)9(5,8(2,3)4)15-16(12,13)14/h11H,6H2,1-5H3,(H,12,13,14)/b10-7+. The van der Waals surface area contributed by atoms with E-state index in [1.54, 1.807) is 27.7 Å². The highest BCUT2D eigenvalue weighted by Gasteiger charge is 2.46. The summed E-state index contributed by atoms with van der Waals surface area (Å²) in [5.74, 6) is 0. The molecule has 0 amide bonds. The van der Waals surface area contributed by atoms with Crippen LogP contribution < -0.4 is 0 Å². The molecule has 0 fully saturated rings. The number of hydrogen-bond donors (Lipinski definition) is 2. The molecule has 0 rings (SSSR count). The normalized spacial score (nSPS) is 18.2. The molecule has 0 bridgehead atoms. The summed E-state index contributed by atoms with van der Waals surface area (Å²) in [6.07, 6.45) is 0.305. The fourth-order valence-corrected chi connectivity index (χ4v) is 2.09. The quantitative estimate of drug-likeness (QED) is 0.345. The molecule has 1 atom stereocenters. The zero-order valence-electron chi connectivity index (χ0n) is 10.2. The van der Waals surface area contributed by atoms with Gasteiger partial charge in [-0.25, -0.2) is 4.18 Å². The highest BCUT2D eigenvalue weighted by molar-refractivity contribution is 7.81. The van der Waals surface area contributed by atoms with Crippen molar-refractivity contribution in [3.8, 4) is 0 Å². The molecule has 0 heterocycles. The van der Waals surface area contributed by atoms with E-state index in [1.807, 2.05) is 0 Å². The van der Waals surface area contributed by atoms with Gasteiger partial charge in [-0.2, -0.15) is 8.42 Å². The highest BCUT2D eigenvalue weighted by Crippen LogP contribution is 2.36. The van der Waals surface area contributed by atoms with Gasteiger partial charge in [0.05, 0.1) is 5.71 Å². The van der Waals surface area contributed by atoms with E-state index in [2.05, 4.69) is 9.34 Å². The first kappa shape index (κ1) is 15.3. The van der Waals surface area contributed by atoms with Gasteiger partial charge in [-0.3, -0.25) is 4.55 Å². The molecule has 0 aromatic rings. The van der Waals surface area contributed by atoms with E-state index in [0.29, 0.717) is 6.42 Å². The van der Waals surface area contributed by atoms with Gasteiger partial charge in [0.1, 0.15) is 5.60 Å². The van der Waals surface area contributed by atoms with Crippen LogP contribution in [0.25, 0.3) is 0 Å². The van der Waals surface area contributed by atoms with Gasteiger partial charge < -0.3 is 5.21 Å². The van der Waals surface area contributed by atoms with E-state index in [4.69, 9.17) is 9.76 Å². The van der Waals surface area contributed by atoms with Crippen LogP contribution in [0.4, 0.5) is 0 Å². The van der Waals surface area contributed by atoms with Crippen LogP contribution in [0.5, 0.6) is 0 Å². The van der Waals surface area contributed by atoms with Crippen LogP contribution in [0.1, 0.15) is 41.0 Å². The fraction of sp³-hybridized carbons (Fsp3) is 0.889. The molecule has 0 spiro atoms. The van der Waals surface area contributed by atoms with Crippen molar-refractivity contribution in [2.45, 2.75) is 46.6 Å². The molecule has 7 heteroatoms. The van der Waals surface area contributed by atoms with Crippen molar-refractivity contribution < 1.29 is 22.4 Å². The zero-order chi connectivity index (χ0) is 13.2. The Balaban J connectivity index is 5.56. The smallest absolute Gasteiger partial charge is 0.398 e. The molecule has 0 saturated carbocycles. The van der Waals surface area contributed by atoms with Crippen LogP contribution in [0.3, 0.4) is 0 Å². The molecule has 1 unspecified atom stereocenters. The monoisotopic (exact) mass is 253 g/mol. The lowest BCUT2D eigenvalue weighted by Gasteiger charge is -2.39. The van der Waals surface area contributed by atoms with Crippen molar-refractivity contribution in [1.29, 1.82) is 0 Å². The summed E-state index contributed by atoms with van der Waals surface area (Å²) in [6.45, 7) is 8.32. The maximum atomic E-state index is 10.8. The minimum Gasteiger partial charge on any atom is -0.411 e. The van der Waals surface area contributed by atoms with Gasteiger partial charge in [0.2, 0.25) is 0 Å². The largest absolute Gasteiger partial charge is 0.411 e. The Labute approximate surface area is 96.3 Å². The summed E-state index contributed by atoms with van der Waals surface area (Å²) in [5.41, 5.74) is -1.91. The Hall–Kier alpha value is -0.660. The van der Waals surface area contributed by atoms with Gasteiger partial charge in [0.25, 0.3) is 0 Å². The first-order valence-corrected chi connectivity index (χ1v) is 6.24. The summed E-state index contributed by atoms with van der Waals surface area (Å²) >= 11 is 0. The van der Waals surface area contributed by atoms with E-state index < -0.39 is 21.4 Å². The van der Waals surface area contributed by atoms with E-state index >= 15 is 0 Å². The van der Waals surface area contributed by atoms with E-state index in [-0.39, 0.29) is 5.71 Å². The number of nitrogens with zero attached hydrogens (tertiary/aromatic N) is 1. The SMILES string of the molecule is CC/C(=N\O)C(C)(OS(=O)(=O)O)C(C)(C)C. The van der Waals surface area contributed by atoms with Gasteiger partial charge in [0.15, 0.2) is 0 Å². The van der Waals surface area contributed by atoms with Crippen LogP contribution in [0.2, 0.25) is 0 Å². The Morgan fingerprint density at radius 3 is 1.94 bits per heavy atom. The molecule has 0 aliphatic carbocycles. The van der Waals surface area contributed by atoms with E-state index in [1.165, 1.54) is 6.92 Å². The molecule has 0 aromatic heterocycles.